The Morgan fingerprint density at radius 1 is 1.20 bits per heavy atom. The Hall–Kier alpha value is -0.170. The number of rotatable bonds is 7. The quantitative estimate of drug-likeness (QED) is 0.542. The van der Waals surface area contributed by atoms with Crippen LogP contribution in [0.5, 0.6) is 0 Å². The van der Waals surface area contributed by atoms with Crippen molar-refractivity contribution in [2.75, 3.05) is 20.1 Å². The molecule has 1 aliphatic carbocycles. The number of hydrogen-bond acceptors (Lipinski definition) is 3. The van der Waals surface area contributed by atoms with Gasteiger partial charge in [-0.15, -0.1) is 0 Å². The minimum atomic E-state index is -3.27. The molecular weight excluding hydrogens is 214 g/mol. The van der Waals surface area contributed by atoms with Gasteiger partial charge in [-0.25, -0.2) is 4.72 Å². The van der Waals surface area contributed by atoms with Crippen LogP contribution in [0.4, 0.5) is 0 Å². The van der Waals surface area contributed by atoms with Crippen LogP contribution in [-0.4, -0.2) is 34.6 Å². The predicted molar refractivity (Wildman–Crippen MR) is 60.9 cm³/mol. The van der Waals surface area contributed by atoms with Crippen molar-refractivity contribution in [1.82, 2.24) is 14.8 Å². The number of nitrogens with one attached hydrogen (secondary N) is 3. The minimum absolute atomic E-state index is 0.145. The van der Waals surface area contributed by atoms with Crippen molar-refractivity contribution in [1.29, 1.82) is 0 Å². The predicted octanol–water partition coefficient (Wildman–Crippen LogP) is -0.0375. The lowest BCUT2D eigenvalue weighted by molar-refractivity contribution is 0.536. The van der Waals surface area contributed by atoms with Crippen molar-refractivity contribution in [2.45, 2.75) is 38.1 Å². The van der Waals surface area contributed by atoms with Gasteiger partial charge in [-0.3, -0.25) is 0 Å². The largest absolute Gasteiger partial charge is 0.320 e. The van der Waals surface area contributed by atoms with E-state index in [-0.39, 0.29) is 6.04 Å². The van der Waals surface area contributed by atoms with Gasteiger partial charge in [0.2, 0.25) is 0 Å². The minimum Gasteiger partial charge on any atom is -0.320 e. The topological polar surface area (TPSA) is 70.2 Å². The summed E-state index contributed by atoms with van der Waals surface area (Å²) in [5, 5.41) is 2.97. The first-order chi connectivity index (χ1) is 7.14. The summed E-state index contributed by atoms with van der Waals surface area (Å²) in [5.41, 5.74) is 0. The van der Waals surface area contributed by atoms with Crippen LogP contribution >= 0.6 is 0 Å². The molecule has 1 aliphatic rings. The van der Waals surface area contributed by atoms with Crippen molar-refractivity contribution >= 4 is 10.2 Å². The standard InChI is InChI=1S/C9H21N3O2S/c1-10-7-4-8-11-15(13,14)12-9-5-2-3-6-9/h9-12H,2-8H2,1H3. The molecule has 0 aromatic carbocycles. The molecule has 0 aliphatic heterocycles. The maximum atomic E-state index is 11.5. The van der Waals surface area contributed by atoms with E-state index in [9.17, 15) is 8.42 Å². The zero-order valence-corrected chi connectivity index (χ0v) is 10.1. The van der Waals surface area contributed by atoms with E-state index in [0.717, 1.165) is 38.6 Å². The first-order valence-electron chi connectivity index (χ1n) is 5.55. The highest BCUT2D eigenvalue weighted by Gasteiger charge is 2.20. The first kappa shape index (κ1) is 12.9. The molecule has 0 aromatic heterocycles. The summed E-state index contributed by atoms with van der Waals surface area (Å²) in [6.45, 7) is 1.31. The molecule has 0 unspecified atom stereocenters. The van der Waals surface area contributed by atoms with Crippen LogP contribution in [0.3, 0.4) is 0 Å². The van der Waals surface area contributed by atoms with Crippen LogP contribution in [0.1, 0.15) is 32.1 Å². The molecule has 6 heteroatoms. The van der Waals surface area contributed by atoms with E-state index >= 15 is 0 Å². The van der Waals surface area contributed by atoms with E-state index in [1.165, 1.54) is 0 Å². The van der Waals surface area contributed by atoms with Crippen molar-refractivity contribution in [3.05, 3.63) is 0 Å². The monoisotopic (exact) mass is 235 g/mol. The summed E-state index contributed by atoms with van der Waals surface area (Å²) in [7, 11) is -1.42. The molecule has 0 saturated heterocycles. The second kappa shape index (κ2) is 6.42. The third-order valence-corrected chi connectivity index (χ3v) is 3.80. The molecule has 0 amide bonds. The fraction of sp³-hybridized carbons (Fsp3) is 1.00. The van der Waals surface area contributed by atoms with Crippen molar-refractivity contribution in [3.8, 4) is 0 Å². The summed E-state index contributed by atoms with van der Waals surface area (Å²) in [6, 6.07) is 0.145. The fourth-order valence-corrected chi connectivity index (χ4v) is 2.95. The highest BCUT2D eigenvalue weighted by Crippen LogP contribution is 2.17. The summed E-state index contributed by atoms with van der Waals surface area (Å²) < 4.78 is 28.2. The van der Waals surface area contributed by atoms with Gasteiger partial charge in [0.15, 0.2) is 0 Å². The Labute approximate surface area is 92.2 Å². The molecular formula is C9H21N3O2S. The van der Waals surface area contributed by atoms with Gasteiger partial charge in [-0.2, -0.15) is 13.1 Å². The molecule has 0 aromatic rings. The first-order valence-corrected chi connectivity index (χ1v) is 7.04. The van der Waals surface area contributed by atoms with Crippen LogP contribution in [-0.2, 0) is 10.2 Å². The van der Waals surface area contributed by atoms with Gasteiger partial charge in [-0.05, 0) is 32.9 Å². The van der Waals surface area contributed by atoms with E-state index < -0.39 is 10.2 Å². The highest BCUT2D eigenvalue weighted by molar-refractivity contribution is 7.87. The van der Waals surface area contributed by atoms with E-state index in [1.54, 1.807) is 0 Å². The van der Waals surface area contributed by atoms with Crippen molar-refractivity contribution in [3.63, 3.8) is 0 Å². The molecule has 1 saturated carbocycles. The maximum Gasteiger partial charge on any atom is 0.277 e. The molecule has 1 rings (SSSR count). The normalized spacial score (nSPS) is 18.5. The smallest absolute Gasteiger partial charge is 0.277 e. The van der Waals surface area contributed by atoms with E-state index in [2.05, 4.69) is 14.8 Å². The Bertz CT molecular complexity index is 261. The zero-order chi connectivity index (χ0) is 11.1. The van der Waals surface area contributed by atoms with Gasteiger partial charge in [0, 0.05) is 12.6 Å². The summed E-state index contributed by atoms with van der Waals surface area (Å²) in [6.07, 6.45) is 5.01. The summed E-state index contributed by atoms with van der Waals surface area (Å²) in [5.74, 6) is 0. The second-order valence-electron chi connectivity index (χ2n) is 3.95. The van der Waals surface area contributed by atoms with Crippen molar-refractivity contribution in [2.24, 2.45) is 0 Å². The average molecular weight is 235 g/mol. The Kier molecular flexibility index (Phi) is 5.52. The van der Waals surface area contributed by atoms with Crippen LogP contribution in [0.25, 0.3) is 0 Å². The lowest BCUT2D eigenvalue weighted by atomic mass is 10.3. The molecule has 90 valence electrons. The molecule has 0 heterocycles. The molecule has 0 atom stereocenters. The molecule has 3 N–H and O–H groups in total. The summed E-state index contributed by atoms with van der Waals surface area (Å²) in [4.78, 5) is 0. The van der Waals surface area contributed by atoms with Gasteiger partial charge in [0.05, 0.1) is 0 Å². The van der Waals surface area contributed by atoms with E-state index in [4.69, 9.17) is 0 Å². The zero-order valence-electron chi connectivity index (χ0n) is 9.25. The van der Waals surface area contributed by atoms with Crippen LogP contribution in [0.2, 0.25) is 0 Å². The van der Waals surface area contributed by atoms with Crippen molar-refractivity contribution < 1.29 is 8.42 Å². The van der Waals surface area contributed by atoms with E-state index in [1.807, 2.05) is 7.05 Å². The van der Waals surface area contributed by atoms with E-state index in [0.29, 0.717) is 6.54 Å². The van der Waals surface area contributed by atoms with Gasteiger partial charge in [0.1, 0.15) is 0 Å². The van der Waals surface area contributed by atoms with Crippen LogP contribution in [0.15, 0.2) is 0 Å². The van der Waals surface area contributed by atoms with Gasteiger partial charge in [-0.1, -0.05) is 12.8 Å². The van der Waals surface area contributed by atoms with Crippen LogP contribution < -0.4 is 14.8 Å². The fourth-order valence-electron chi connectivity index (χ4n) is 1.78. The molecule has 1 fully saturated rings. The van der Waals surface area contributed by atoms with Crippen LogP contribution in [0, 0.1) is 0 Å². The molecule has 15 heavy (non-hydrogen) atoms. The average Bonchev–Trinajstić information content (AvgIpc) is 2.64. The Balaban J connectivity index is 2.19. The second-order valence-corrected chi connectivity index (χ2v) is 5.49. The number of hydrogen-bond donors (Lipinski definition) is 3. The summed E-state index contributed by atoms with van der Waals surface area (Å²) >= 11 is 0. The molecule has 0 spiro atoms. The van der Waals surface area contributed by atoms with Gasteiger partial charge in [0.25, 0.3) is 10.2 Å². The third kappa shape index (κ3) is 5.46. The third-order valence-electron chi connectivity index (χ3n) is 2.57. The Morgan fingerprint density at radius 2 is 1.87 bits per heavy atom. The Morgan fingerprint density at radius 3 is 2.47 bits per heavy atom. The lowest BCUT2D eigenvalue weighted by Crippen LogP contribution is -2.42. The maximum absolute atomic E-state index is 11.5. The van der Waals surface area contributed by atoms with Gasteiger partial charge >= 0.3 is 0 Å². The SMILES string of the molecule is CNCCCNS(=O)(=O)NC1CCCC1. The molecule has 0 radical (unpaired) electrons. The molecule has 0 bridgehead atoms. The highest BCUT2D eigenvalue weighted by atomic mass is 32.2. The lowest BCUT2D eigenvalue weighted by Gasteiger charge is -2.12. The van der Waals surface area contributed by atoms with Gasteiger partial charge < -0.3 is 5.32 Å². The molecule has 5 nitrogen and oxygen atoms in total.